The van der Waals surface area contributed by atoms with E-state index in [9.17, 15) is 4.79 Å². The lowest BCUT2D eigenvalue weighted by atomic mass is 10.1. The third-order valence-corrected chi connectivity index (χ3v) is 3.22. The van der Waals surface area contributed by atoms with Crippen LogP contribution >= 0.6 is 11.6 Å². The van der Waals surface area contributed by atoms with E-state index >= 15 is 0 Å². The molecule has 0 saturated carbocycles. The smallest absolute Gasteiger partial charge is 0.237 e. The fourth-order valence-corrected chi connectivity index (χ4v) is 1.87. The van der Waals surface area contributed by atoms with Crippen molar-refractivity contribution in [3.8, 4) is 5.75 Å². The van der Waals surface area contributed by atoms with Gasteiger partial charge in [-0.1, -0.05) is 6.07 Å². The van der Waals surface area contributed by atoms with Gasteiger partial charge in [-0.05, 0) is 43.5 Å². The van der Waals surface area contributed by atoms with Crippen LogP contribution in [-0.4, -0.2) is 36.9 Å². The number of aryl methyl sites for hydroxylation is 2. The average molecular weight is 270 g/mol. The minimum Gasteiger partial charge on any atom is -0.491 e. The van der Waals surface area contributed by atoms with Gasteiger partial charge in [0, 0.05) is 7.05 Å². The van der Waals surface area contributed by atoms with Gasteiger partial charge in [-0.2, -0.15) is 0 Å². The van der Waals surface area contributed by atoms with Crippen LogP contribution in [0.15, 0.2) is 12.1 Å². The summed E-state index contributed by atoms with van der Waals surface area (Å²) in [6.07, 6.45) is 0. The number of hydrogen-bond donors (Lipinski definition) is 0. The Morgan fingerprint density at radius 3 is 2.61 bits per heavy atom. The molecule has 0 radical (unpaired) electrons. The van der Waals surface area contributed by atoms with Gasteiger partial charge in [0.15, 0.2) is 0 Å². The molecule has 1 amide bonds. The number of ether oxygens (including phenoxy) is 1. The third kappa shape index (κ3) is 3.91. The van der Waals surface area contributed by atoms with Crippen LogP contribution in [0.3, 0.4) is 0 Å². The summed E-state index contributed by atoms with van der Waals surface area (Å²) in [5.74, 6) is 0.815. The summed E-state index contributed by atoms with van der Waals surface area (Å²) in [7, 11) is 1.72. The zero-order valence-electron chi connectivity index (χ0n) is 11.4. The molecule has 0 spiro atoms. The van der Waals surface area contributed by atoms with E-state index in [0.717, 1.165) is 11.3 Å². The van der Waals surface area contributed by atoms with E-state index in [2.05, 4.69) is 13.0 Å². The van der Waals surface area contributed by atoms with Gasteiger partial charge < -0.3 is 9.64 Å². The molecule has 0 bridgehead atoms. The normalized spacial score (nSPS) is 10.3. The van der Waals surface area contributed by atoms with Gasteiger partial charge in [-0.15, -0.1) is 11.6 Å². The standard InChI is InChI=1S/C14H20ClNO2/c1-10-7-11(2)12(3)13(8-10)18-6-5-16(4)14(17)9-15/h7-8H,5-6,9H2,1-4H3. The highest BCUT2D eigenvalue weighted by Gasteiger charge is 2.08. The Morgan fingerprint density at radius 2 is 2.00 bits per heavy atom. The largest absolute Gasteiger partial charge is 0.491 e. The molecule has 0 aliphatic rings. The molecular weight excluding hydrogens is 250 g/mol. The van der Waals surface area contributed by atoms with Gasteiger partial charge in [0.05, 0.1) is 6.54 Å². The second-order valence-electron chi connectivity index (χ2n) is 4.50. The monoisotopic (exact) mass is 269 g/mol. The summed E-state index contributed by atoms with van der Waals surface area (Å²) < 4.78 is 5.73. The number of carbonyl (C=O) groups is 1. The average Bonchev–Trinajstić information content (AvgIpc) is 2.33. The van der Waals surface area contributed by atoms with Gasteiger partial charge >= 0.3 is 0 Å². The first-order valence-electron chi connectivity index (χ1n) is 5.96. The second-order valence-corrected chi connectivity index (χ2v) is 4.77. The Bertz CT molecular complexity index is 432. The number of hydrogen-bond acceptors (Lipinski definition) is 2. The highest BCUT2D eigenvalue weighted by Crippen LogP contribution is 2.23. The van der Waals surface area contributed by atoms with Crippen LogP contribution in [-0.2, 0) is 4.79 Å². The molecule has 0 aromatic heterocycles. The number of carbonyl (C=O) groups excluding carboxylic acids is 1. The van der Waals surface area contributed by atoms with Crippen LogP contribution in [0.4, 0.5) is 0 Å². The van der Waals surface area contributed by atoms with Gasteiger partial charge in [-0.25, -0.2) is 0 Å². The summed E-state index contributed by atoms with van der Waals surface area (Å²) in [5, 5.41) is 0. The Labute approximate surface area is 114 Å². The number of amides is 1. The third-order valence-electron chi connectivity index (χ3n) is 2.99. The number of halogens is 1. The number of likely N-dealkylation sites (N-methyl/N-ethyl adjacent to an activating group) is 1. The molecule has 0 heterocycles. The van der Waals surface area contributed by atoms with Crippen LogP contribution in [0, 0.1) is 20.8 Å². The van der Waals surface area contributed by atoms with Gasteiger partial charge in [0.2, 0.25) is 5.91 Å². The summed E-state index contributed by atoms with van der Waals surface area (Å²) in [6.45, 7) is 7.17. The van der Waals surface area contributed by atoms with E-state index in [1.807, 2.05) is 19.9 Å². The van der Waals surface area contributed by atoms with Crippen molar-refractivity contribution in [3.05, 3.63) is 28.8 Å². The lowest BCUT2D eigenvalue weighted by molar-refractivity contribution is -0.127. The fourth-order valence-electron chi connectivity index (χ4n) is 1.67. The van der Waals surface area contributed by atoms with Gasteiger partial charge in [0.1, 0.15) is 18.2 Å². The molecular formula is C14H20ClNO2. The molecule has 1 rings (SSSR count). The summed E-state index contributed by atoms with van der Waals surface area (Å²) in [5.41, 5.74) is 3.54. The molecule has 0 aliphatic carbocycles. The van der Waals surface area contributed by atoms with Crippen LogP contribution < -0.4 is 4.74 Å². The van der Waals surface area contributed by atoms with E-state index in [1.54, 1.807) is 11.9 Å². The zero-order chi connectivity index (χ0) is 13.7. The van der Waals surface area contributed by atoms with Crippen molar-refractivity contribution in [3.63, 3.8) is 0 Å². The lowest BCUT2D eigenvalue weighted by Gasteiger charge is -2.17. The van der Waals surface area contributed by atoms with E-state index in [-0.39, 0.29) is 11.8 Å². The summed E-state index contributed by atoms with van der Waals surface area (Å²) in [4.78, 5) is 12.8. The Hall–Kier alpha value is -1.22. The predicted octanol–water partition coefficient (Wildman–Crippen LogP) is 2.69. The lowest BCUT2D eigenvalue weighted by Crippen LogP contribution is -2.31. The van der Waals surface area contributed by atoms with Crippen molar-refractivity contribution >= 4 is 17.5 Å². The molecule has 1 aromatic carbocycles. The van der Waals surface area contributed by atoms with Crippen molar-refractivity contribution in [2.75, 3.05) is 26.1 Å². The number of rotatable bonds is 5. The first-order chi connectivity index (χ1) is 8.45. The number of alkyl halides is 1. The SMILES string of the molecule is Cc1cc(C)c(C)c(OCCN(C)C(=O)CCl)c1. The van der Waals surface area contributed by atoms with Crippen molar-refractivity contribution in [1.29, 1.82) is 0 Å². The molecule has 100 valence electrons. The molecule has 0 aliphatic heterocycles. The Morgan fingerprint density at radius 1 is 1.33 bits per heavy atom. The molecule has 0 saturated heterocycles. The Kier molecular flexibility index (Phi) is 5.48. The molecule has 0 fully saturated rings. The molecule has 0 atom stereocenters. The van der Waals surface area contributed by atoms with Crippen molar-refractivity contribution < 1.29 is 9.53 Å². The van der Waals surface area contributed by atoms with Crippen LogP contribution in [0.5, 0.6) is 5.75 Å². The Balaban J connectivity index is 2.57. The minimum atomic E-state index is -0.0857. The number of nitrogens with zero attached hydrogens (tertiary/aromatic N) is 1. The van der Waals surface area contributed by atoms with Crippen LogP contribution in [0.1, 0.15) is 16.7 Å². The zero-order valence-corrected chi connectivity index (χ0v) is 12.2. The maximum absolute atomic E-state index is 11.3. The topological polar surface area (TPSA) is 29.5 Å². The van der Waals surface area contributed by atoms with Crippen molar-refractivity contribution in [2.45, 2.75) is 20.8 Å². The quantitative estimate of drug-likeness (QED) is 0.769. The first kappa shape index (κ1) is 14.8. The van der Waals surface area contributed by atoms with Crippen molar-refractivity contribution in [1.82, 2.24) is 4.90 Å². The maximum Gasteiger partial charge on any atom is 0.237 e. The highest BCUT2D eigenvalue weighted by molar-refractivity contribution is 6.27. The number of benzene rings is 1. The minimum absolute atomic E-state index is 0.0130. The summed E-state index contributed by atoms with van der Waals surface area (Å²) in [6, 6.07) is 4.15. The fraction of sp³-hybridized carbons (Fsp3) is 0.500. The summed E-state index contributed by atoms with van der Waals surface area (Å²) >= 11 is 5.48. The first-order valence-corrected chi connectivity index (χ1v) is 6.49. The van der Waals surface area contributed by atoms with E-state index < -0.39 is 0 Å². The van der Waals surface area contributed by atoms with Gasteiger partial charge in [0.25, 0.3) is 0 Å². The molecule has 3 nitrogen and oxygen atoms in total. The molecule has 0 N–H and O–H groups in total. The van der Waals surface area contributed by atoms with Crippen LogP contribution in [0.2, 0.25) is 0 Å². The molecule has 4 heteroatoms. The molecule has 1 aromatic rings. The molecule has 0 unspecified atom stereocenters. The van der Waals surface area contributed by atoms with E-state index in [4.69, 9.17) is 16.3 Å². The van der Waals surface area contributed by atoms with E-state index in [1.165, 1.54) is 11.1 Å². The predicted molar refractivity (Wildman–Crippen MR) is 74.5 cm³/mol. The van der Waals surface area contributed by atoms with E-state index in [0.29, 0.717) is 13.2 Å². The maximum atomic E-state index is 11.3. The van der Waals surface area contributed by atoms with Crippen LogP contribution in [0.25, 0.3) is 0 Å². The van der Waals surface area contributed by atoms with Gasteiger partial charge in [-0.3, -0.25) is 4.79 Å². The second kappa shape index (κ2) is 6.64. The van der Waals surface area contributed by atoms with Crippen molar-refractivity contribution in [2.24, 2.45) is 0 Å². The molecule has 18 heavy (non-hydrogen) atoms. The highest BCUT2D eigenvalue weighted by atomic mass is 35.5.